The molecular formula is C21H17F3N2O4S2. The molecule has 0 bridgehead atoms. The molecule has 6 nitrogen and oxygen atoms in total. The van der Waals surface area contributed by atoms with Gasteiger partial charge in [0.15, 0.2) is 6.61 Å². The molecule has 1 heterocycles. The van der Waals surface area contributed by atoms with Crippen molar-refractivity contribution in [1.82, 2.24) is 10.2 Å². The molecule has 168 valence electrons. The minimum atomic E-state index is -4.46. The molecule has 0 spiro atoms. The van der Waals surface area contributed by atoms with Gasteiger partial charge < -0.3 is 10.1 Å². The molecule has 2 aromatic carbocycles. The molecule has 0 unspecified atom stereocenters. The van der Waals surface area contributed by atoms with Crippen LogP contribution in [0, 0.1) is 0 Å². The molecule has 0 aliphatic carbocycles. The summed E-state index contributed by atoms with van der Waals surface area (Å²) in [6, 6.07) is 10.7. The predicted molar refractivity (Wildman–Crippen MR) is 117 cm³/mol. The first kappa shape index (κ1) is 23.7. The Balaban J connectivity index is 1.57. The van der Waals surface area contributed by atoms with Crippen molar-refractivity contribution in [2.45, 2.75) is 6.18 Å². The van der Waals surface area contributed by atoms with E-state index < -0.39 is 30.2 Å². The molecule has 0 atom stereocenters. The Bertz CT molecular complexity index is 1030. The number of esters is 1. The van der Waals surface area contributed by atoms with Crippen molar-refractivity contribution in [3.05, 3.63) is 59.7 Å². The lowest BCUT2D eigenvalue weighted by Crippen LogP contribution is -2.38. The van der Waals surface area contributed by atoms with E-state index in [2.05, 4.69) is 5.32 Å². The van der Waals surface area contributed by atoms with Crippen LogP contribution in [-0.2, 0) is 20.5 Å². The summed E-state index contributed by atoms with van der Waals surface area (Å²) < 4.78 is 43.9. The summed E-state index contributed by atoms with van der Waals surface area (Å²) in [7, 11) is 0. The summed E-state index contributed by atoms with van der Waals surface area (Å²) in [6.07, 6.45) is -4.46. The van der Waals surface area contributed by atoms with Crippen molar-refractivity contribution < 1.29 is 32.3 Å². The highest BCUT2D eigenvalue weighted by Gasteiger charge is 2.30. The first-order valence-corrected chi connectivity index (χ1v) is 10.7. The Morgan fingerprint density at radius 1 is 1.12 bits per heavy atom. The van der Waals surface area contributed by atoms with Crippen LogP contribution >= 0.6 is 24.0 Å². The van der Waals surface area contributed by atoms with Gasteiger partial charge in [-0.1, -0.05) is 54.3 Å². The number of halogens is 3. The Kier molecular flexibility index (Phi) is 7.52. The summed E-state index contributed by atoms with van der Waals surface area (Å²) in [4.78, 5) is 37.5. The van der Waals surface area contributed by atoms with Crippen molar-refractivity contribution in [2.24, 2.45) is 0 Å². The Morgan fingerprint density at radius 2 is 1.81 bits per heavy atom. The highest BCUT2D eigenvalue weighted by molar-refractivity contribution is 8.23. The molecule has 32 heavy (non-hydrogen) atoms. The van der Waals surface area contributed by atoms with Crippen LogP contribution in [0.1, 0.15) is 15.9 Å². The summed E-state index contributed by atoms with van der Waals surface area (Å²) in [5.41, 5.74) is 0.0994. The summed E-state index contributed by atoms with van der Waals surface area (Å²) >= 11 is 6.30. The Hall–Kier alpha value is -2.92. The maximum atomic E-state index is 12.8. The number of amides is 2. The van der Waals surface area contributed by atoms with Gasteiger partial charge in [0, 0.05) is 13.1 Å². The van der Waals surface area contributed by atoms with Gasteiger partial charge in [-0.25, -0.2) is 4.79 Å². The third-order valence-corrected chi connectivity index (χ3v) is 5.94. The number of ether oxygens (including phenoxy) is 1. The minimum absolute atomic E-state index is 0.116. The molecule has 3 rings (SSSR count). The predicted octanol–water partition coefficient (Wildman–Crippen LogP) is 3.51. The van der Waals surface area contributed by atoms with Crippen molar-refractivity contribution >= 4 is 46.1 Å². The molecular weight excluding hydrogens is 465 g/mol. The van der Waals surface area contributed by atoms with Gasteiger partial charge in [-0.05, 0) is 29.3 Å². The van der Waals surface area contributed by atoms with Crippen LogP contribution in [0.2, 0.25) is 0 Å². The number of thioether (sulfide) groups is 1. The van der Waals surface area contributed by atoms with Gasteiger partial charge >= 0.3 is 12.1 Å². The van der Waals surface area contributed by atoms with Gasteiger partial charge in [-0.3, -0.25) is 14.5 Å². The van der Waals surface area contributed by atoms with E-state index in [4.69, 9.17) is 17.0 Å². The van der Waals surface area contributed by atoms with E-state index >= 15 is 0 Å². The standard InChI is InChI=1S/C21H17F3N2O4S2/c22-21(23,24)14-7-5-13(6-8-14)15-3-1-2-4-16(15)19(29)30-11-17(27)25-9-10-26-18(28)12-32-20(26)31/h1-8H,9-12H2,(H,25,27). The highest BCUT2D eigenvalue weighted by Crippen LogP contribution is 2.32. The Morgan fingerprint density at radius 3 is 2.44 bits per heavy atom. The van der Waals surface area contributed by atoms with Crippen molar-refractivity contribution in [2.75, 3.05) is 25.4 Å². The molecule has 1 saturated heterocycles. The van der Waals surface area contributed by atoms with Gasteiger partial charge in [0.1, 0.15) is 4.32 Å². The van der Waals surface area contributed by atoms with Crippen molar-refractivity contribution in [3.8, 4) is 11.1 Å². The molecule has 2 amide bonds. The molecule has 2 aromatic rings. The zero-order valence-corrected chi connectivity index (χ0v) is 18.1. The zero-order valence-electron chi connectivity index (χ0n) is 16.5. The number of nitrogens with one attached hydrogen (secondary N) is 1. The topological polar surface area (TPSA) is 75.7 Å². The number of alkyl halides is 3. The molecule has 11 heteroatoms. The van der Waals surface area contributed by atoms with Gasteiger partial charge in [-0.15, -0.1) is 0 Å². The number of rotatable bonds is 7. The minimum Gasteiger partial charge on any atom is -0.452 e. The Labute approximate surface area is 191 Å². The van der Waals surface area contributed by atoms with Gasteiger partial charge in [-0.2, -0.15) is 13.2 Å². The van der Waals surface area contributed by atoms with E-state index in [1.165, 1.54) is 34.9 Å². The monoisotopic (exact) mass is 482 g/mol. The summed E-state index contributed by atoms with van der Waals surface area (Å²) in [5, 5.41) is 2.54. The van der Waals surface area contributed by atoms with Crippen molar-refractivity contribution in [1.29, 1.82) is 0 Å². The molecule has 1 N–H and O–H groups in total. The first-order valence-electron chi connectivity index (χ1n) is 9.34. The maximum Gasteiger partial charge on any atom is 0.416 e. The van der Waals surface area contributed by atoms with E-state index in [0.29, 0.717) is 15.4 Å². The molecule has 1 aliphatic heterocycles. The SMILES string of the molecule is O=C(COC(=O)c1ccccc1-c1ccc(C(F)(F)F)cc1)NCCN1C(=O)CSC1=S. The van der Waals surface area contributed by atoms with Crippen LogP contribution in [0.3, 0.4) is 0 Å². The van der Waals surface area contributed by atoms with Crippen LogP contribution in [0.25, 0.3) is 11.1 Å². The lowest BCUT2D eigenvalue weighted by atomic mass is 9.98. The third kappa shape index (κ3) is 5.86. The summed E-state index contributed by atoms with van der Waals surface area (Å²) in [6.45, 7) is -0.181. The lowest BCUT2D eigenvalue weighted by Gasteiger charge is -2.15. The fourth-order valence-corrected chi connectivity index (χ4v) is 4.04. The fraction of sp³-hybridized carbons (Fsp3) is 0.238. The molecule has 1 aliphatic rings. The van der Waals surface area contributed by atoms with E-state index in [1.807, 2.05) is 0 Å². The largest absolute Gasteiger partial charge is 0.452 e. The summed E-state index contributed by atoms with van der Waals surface area (Å²) in [5.74, 6) is -1.19. The quantitative estimate of drug-likeness (QED) is 0.481. The van der Waals surface area contributed by atoms with Crippen LogP contribution < -0.4 is 5.32 Å². The van der Waals surface area contributed by atoms with Gasteiger partial charge in [0.2, 0.25) is 5.91 Å². The molecule has 0 saturated carbocycles. The van der Waals surface area contributed by atoms with E-state index in [9.17, 15) is 27.6 Å². The van der Waals surface area contributed by atoms with E-state index in [1.54, 1.807) is 18.2 Å². The number of benzene rings is 2. The number of carbonyl (C=O) groups is 3. The second kappa shape index (κ2) is 10.1. The molecule has 0 aromatic heterocycles. The van der Waals surface area contributed by atoms with Crippen LogP contribution in [0.4, 0.5) is 13.2 Å². The molecule has 0 radical (unpaired) electrons. The van der Waals surface area contributed by atoms with E-state index in [-0.39, 0.29) is 30.3 Å². The smallest absolute Gasteiger partial charge is 0.416 e. The van der Waals surface area contributed by atoms with Gasteiger partial charge in [0.25, 0.3) is 5.91 Å². The van der Waals surface area contributed by atoms with Crippen LogP contribution in [-0.4, -0.2) is 52.5 Å². The van der Waals surface area contributed by atoms with E-state index in [0.717, 1.165) is 12.1 Å². The van der Waals surface area contributed by atoms with Crippen molar-refractivity contribution in [3.63, 3.8) is 0 Å². The second-order valence-corrected chi connectivity index (χ2v) is 8.26. The average molecular weight is 483 g/mol. The van der Waals surface area contributed by atoms with Crippen LogP contribution in [0.15, 0.2) is 48.5 Å². The fourth-order valence-electron chi connectivity index (χ4n) is 2.92. The first-order chi connectivity index (χ1) is 15.2. The van der Waals surface area contributed by atoms with Gasteiger partial charge in [0.05, 0.1) is 16.9 Å². The van der Waals surface area contributed by atoms with Crippen LogP contribution in [0.5, 0.6) is 0 Å². The number of nitrogens with zero attached hydrogens (tertiary/aromatic N) is 1. The third-order valence-electron chi connectivity index (χ3n) is 4.50. The highest BCUT2D eigenvalue weighted by atomic mass is 32.2. The normalized spacial score (nSPS) is 13.9. The molecule has 1 fully saturated rings. The average Bonchev–Trinajstić information content (AvgIpc) is 3.09. The lowest BCUT2D eigenvalue weighted by molar-refractivity contribution is -0.137. The number of thiocarbonyl (C=S) groups is 1. The zero-order chi connectivity index (χ0) is 23.3. The number of hydrogen-bond acceptors (Lipinski definition) is 6. The number of hydrogen-bond donors (Lipinski definition) is 1. The second-order valence-electron chi connectivity index (χ2n) is 6.65. The maximum absolute atomic E-state index is 12.8. The number of carbonyl (C=O) groups excluding carboxylic acids is 3.